The monoisotopic (exact) mass is 263 g/mol. The van der Waals surface area contributed by atoms with E-state index in [9.17, 15) is 4.79 Å². The van der Waals surface area contributed by atoms with Crippen LogP contribution in [0, 0.1) is 13.8 Å². The molecular weight excluding hydrogens is 242 g/mol. The lowest BCUT2D eigenvalue weighted by Crippen LogP contribution is -2.50. The van der Waals surface area contributed by atoms with Crippen LogP contribution in [0.1, 0.15) is 21.5 Å². The lowest BCUT2D eigenvalue weighted by Gasteiger charge is -2.35. The number of carbonyl (C=O) groups excluding carboxylic acids is 1. The standard InChI is InChI=1S/C15H21NO3/c1-11-4-5-13(8-12(11)2)15(17)16-6-7-19-10-14(16)9-18-3/h4-5,8,14H,6-7,9-10H2,1-3H3. The Balaban J connectivity index is 2.18. The lowest BCUT2D eigenvalue weighted by molar-refractivity contribution is -0.0251. The van der Waals surface area contributed by atoms with Gasteiger partial charge < -0.3 is 14.4 Å². The Kier molecular flexibility index (Phi) is 4.56. The van der Waals surface area contributed by atoms with Crippen molar-refractivity contribution in [2.75, 3.05) is 33.5 Å². The van der Waals surface area contributed by atoms with Crippen molar-refractivity contribution in [1.29, 1.82) is 0 Å². The second-order valence-electron chi connectivity index (χ2n) is 4.98. The third-order valence-electron chi connectivity index (χ3n) is 3.60. The Labute approximate surface area is 114 Å². The lowest BCUT2D eigenvalue weighted by atomic mass is 10.0. The van der Waals surface area contributed by atoms with Crippen molar-refractivity contribution < 1.29 is 14.3 Å². The van der Waals surface area contributed by atoms with Crippen LogP contribution in [0.5, 0.6) is 0 Å². The summed E-state index contributed by atoms with van der Waals surface area (Å²) < 4.78 is 10.6. The highest BCUT2D eigenvalue weighted by Gasteiger charge is 2.28. The molecule has 4 heteroatoms. The topological polar surface area (TPSA) is 38.8 Å². The van der Waals surface area contributed by atoms with E-state index in [1.807, 2.05) is 36.9 Å². The minimum absolute atomic E-state index is 0.00728. The maximum absolute atomic E-state index is 12.6. The fourth-order valence-electron chi connectivity index (χ4n) is 2.29. The first-order valence-electron chi connectivity index (χ1n) is 6.58. The van der Waals surface area contributed by atoms with Crippen molar-refractivity contribution in [2.45, 2.75) is 19.9 Å². The van der Waals surface area contributed by atoms with Gasteiger partial charge in [0.25, 0.3) is 5.91 Å². The first kappa shape index (κ1) is 14.0. The largest absolute Gasteiger partial charge is 0.382 e. The van der Waals surface area contributed by atoms with Crippen LogP contribution in [0.2, 0.25) is 0 Å². The molecule has 0 saturated carbocycles. The molecule has 4 nitrogen and oxygen atoms in total. The molecule has 0 aliphatic carbocycles. The molecule has 1 aromatic rings. The summed E-state index contributed by atoms with van der Waals surface area (Å²) in [6.45, 7) is 6.35. The summed E-state index contributed by atoms with van der Waals surface area (Å²) in [5, 5.41) is 0. The van der Waals surface area contributed by atoms with E-state index >= 15 is 0 Å². The molecule has 1 aliphatic heterocycles. The number of hydrogen-bond donors (Lipinski definition) is 0. The van der Waals surface area contributed by atoms with Crippen molar-refractivity contribution in [3.05, 3.63) is 34.9 Å². The van der Waals surface area contributed by atoms with Gasteiger partial charge in [0.1, 0.15) is 0 Å². The fourth-order valence-corrected chi connectivity index (χ4v) is 2.29. The van der Waals surface area contributed by atoms with Gasteiger partial charge in [-0.05, 0) is 37.1 Å². The predicted octanol–water partition coefficient (Wildman–Crippen LogP) is 1.79. The maximum atomic E-state index is 12.6. The average molecular weight is 263 g/mol. The smallest absolute Gasteiger partial charge is 0.254 e. The number of benzene rings is 1. The van der Waals surface area contributed by atoms with Gasteiger partial charge >= 0.3 is 0 Å². The molecule has 0 N–H and O–H groups in total. The molecule has 1 atom stereocenters. The number of nitrogens with zero attached hydrogens (tertiary/aromatic N) is 1. The van der Waals surface area contributed by atoms with Gasteiger partial charge in [0.05, 0.1) is 25.9 Å². The third kappa shape index (κ3) is 3.14. The van der Waals surface area contributed by atoms with E-state index in [4.69, 9.17) is 9.47 Å². The molecule has 1 saturated heterocycles. The molecule has 0 spiro atoms. The van der Waals surface area contributed by atoms with Crippen LogP contribution < -0.4 is 0 Å². The Bertz CT molecular complexity index is 457. The second kappa shape index (κ2) is 6.17. The average Bonchev–Trinajstić information content (AvgIpc) is 2.42. The Morgan fingerprint density at radius 3 is 2.89 bits per heavy atom. The number of aryl methyl sites for hydroxylation is 2. The van der Waals surface area contributed by atoms with E-state index in [1.54, 1.807) is 7.11 Å². The minimum atomic E-state index is 0.00728. The van der Waals surface area contributed by atoms with Crippen molar-refractivity contribution in [3.8, 4) is 0 Å². The van der Waals surface area contributed by atoms with Gasteiger partial charge in [-0.25, -0.2) is 0 Å². The maximum Gasteiger partial charge on any atom is 0.254 e. The highest BCUT2D eigenvalue weighted by molar-refractivity contribution is 5.94. The molecular formula is C15H21NO3. The van der Waals surface area contributed by atoms with Crippen molar-refractivity contribution >= 4 is 5.91 Å². The molecule has 1 heterocycles. The van der Waals surface area contributed by atoms with E-state index < -0.39 is 0 Å². The van der Waals surface area contributed by atoms with Gasteiger partial charge in [-0.3, -0.25) is 4.79 Å². The SMILES string of the molecule is COCC1COCCN1C(=O)c1ccc(C)c(C)c1. The molecule has 2 rings (SSSR count). The molecule has 1 aliphatic rings. The normalized spacial score (nSPS) is 19.5. The number of hydrogen-bond acceptors (Lipinski definition) is 3. The summed E-state index contributed by atoms with van der Waals surface area (Å²) in [5.74, 6) is 0.0634. The van der Waals surface area contributed by atoms with Crippen molar-refractivity contribution in [2.24, 2.45) is 0 Å². The van der Waals surface area contributed by atoms with E-state index in [1.165, 1.54) is 5.56 Å². The summed E-state index contributed by atoms with van der Waals surface area (Å²) in [4.78, 5) is 14.4. The highest BCUT2D eigenvalue weighted by atomic mass is 16.5. The zero-order chi connectivity index (χ0) is 13.8. The summed E-state index contributed by atoms with van der Waals surface area (Å²) in [6.07, 6.45) is 0. The minimum Gasteiger partial charge on any atom is -0.382 e. The van der Waals surface area contributed by atoms with Gasteiger partial charge in [-0.15, -0.1) is 0 Å². The van der Waals surface area contributed by atoms with Crippen LogP contribution in [-0.2, 0) is 9.47 Å². The molecule has 104 valence electrons. The molecule has 19 heavy (non-hydrogen) atoms. The summed E-state index contributed by atoms with van der Waals surface area (Å²) in [5.41, 5.74) is 3.08. The molecule has 1 unspecified atom stereocenters. The number of morpholine rings is 1. The molecule has 0 aromatic heterocycles. The van der Waals surface area contributed by atoms with E-state index in [0.717, 1.165) is 11.1 Å². The quantitative estimate of drug-likeness (QED) is 0.834. The summed E-state index contributed by atoms with van der Waals surface area (Å²) >= 11 is 0. The van der Waals surface area contributed by atoms with Gasteiger partial charge in [0.15, 0.2) is 0 Å². The first-order chi connectivity index (χ1) is 9.13. The number of carbonyl (C=O) groups is 1. The van der Waals surface area contributed by atoms with Crippen LogP contribution in [0.3, 0.4) is 0 Å². The summed E-state index contributed by atoms with van der Waals surface area (Å²) in [6, 6.07) is 5.85. The predicted molar refractivity (Wildman–Crippen MR) is 73.4 cm³/mol. The number of rotatable bonds is 3. The molecule has 0 bridgehead atoms. The number of amides is 1. The zero-order valence-electron chi connectivity index (χ0n) is 11.8. The van der Waals surface area contributed by atoms with Crippen LogP contribution in [-0.4, -0.2) is 50.3 Å². The van der Waals surface area contributed by atoms with Crippen molar-refractivity contribution in [1.82, 2.24) is 4.90 Å². The Hall–Kier alpha value is -1.39. The third-order valence-corrected chi connectivity index (χ3v) is 3.60. The number of methoxy groups -OCH3 is 1. The second-order valence-corrected chi connectivity index (χ2v) is 4.98. The van der Waals surface area contributed by atoms with Gasteiger partial charge in [0, 0.05) is 19.2 Å². The van der Waals surface area contributed by atoms with E-state index in [0.29, 0.717) is 26.4 Å². The fraction of sp³-hybridized carbons (Fsp3) is 0.533. The molecule has 1 fully saturated rings. The Morgan fingerprint density at radius 1 is 1.42 bits per heavy atom. The van der Waals surface area contributed by atoms with Crippen LogP contribution >= 0.6 is 0 Å². The van der Waals surface area contributed by atoms with Crippen LogP contribution in [0.25, 0.3) is 0 Å². The van der Waals surface area contributed by atoms with Crippen LogP contribution in [0.15, 0.2) is 18.2 Å². The highest BCUT2D eigenvalue weighted by Crippen LogP contribution is 2.16. The first-order valence-corrected chi connectivity index (χ1v) is 6.58. The molecule has 1 aromatic carbocycles. The van der Waals surface area contributed by atoms with Gasteiger partial charge in [-0.1, -0.05) is 6.07 Å². The molecule has 0 radical (unpaired) electrons. The van der Waals surface area contributed by atoms with Gasteiger partial charge in [0.2, 0.25) is 0 Å². The van der Waals surface area contributed by atoms with Crippen LogP contribution in [0.4, 0.5) is 0 Å². The van der Waals surface area contributed by atoms with E-state index in [2.05, 4.69) is 0 Å². The number of ether oxygens (including phenoxy) is 2. The summed E-state index contributed by atoms with van der Waals surface area (Å²) in [7, 11) is 1.65. The van der Waals surface area contributed by atoms with Crippen molar-refractivity contribution in [3.63, 3.8) is 0 Å². The van der Waals surface area contributed by atoms with Gasteiger partial charge in [-0.2, -0.15) is 0 Å². The molecule has 1 amide bonds. The Morgan fingerprint density at radius 2 is 2.21 bits per heavy atom. The van der Waals surface area contributed by atoms with E-state index in [-0.39, 0.29) is 11.9 Å². The zero-order valence-corrected chi connectivity index (χ0v) is 11.8.